The van der Waals surface area contributed by atoms with Crippen molar-refractivity contribution in [1.82, 2.24) is 0 Å². The summed E-state index contributed by atoms with van der Waals surface area (Å²) in [6.07, 6.45) is 2.79. The zero-order valence-corrected chi connectivity index (χ0v) is 3.69. The van der Waals surface area contributed by atoms with Gasteiger partial charge in [0.15, 0.2) is 0 Å². The highest BCUT2D eigenvalue weighted by Crippen LogP contribution is 2.19. The van der Waals surface area contributed by atoms with E-state index < -0.39 is 6.17 Å². The molecule has 0 saturated carbocycles. The highest BCUT2D eigenvalue weighted by molar-refractivity contribution is 5.08. The van der Waals surface area contributed by atoms with E-state index >= 15 is 0 Å². The predicted molar refractivity (Wildman–Crippen MR) is 23.2 cm³/mol. The van der Waals surface area contributed by atoms with E-state index in [1.54, 1.807) is 6.08 Å². The fourth-order valence-electron chi connectivity index (χ4n) is 0.417. The van der Waals surface area contributed by atoms with Gasteiger partial charge in [-0.25, -0.2) is 4.39 Å². The van der Waals surface area contributed by atoms with Crippen molar-refractivity contribution in [2.45, 2.75) is 13.1 Å². The molecule has 0 nitrogen and oxygen atoms in total. The molecule has 0 heterocycles. The molecule has 0 aliphatic heterocycles. The van der Waals surface area contributed by atoms with Gasteiger partial charge in [-0.05, 0) is 0 Å². The monoisotopic (exact) mass is 86.1 g/mol. The lowest BCUT2D eigenvalue weighted by Gasteiger charge is -2.16. The molecule has 0 saturated heterocycles. The summed E-state index contributed by atoms with van der Waals surface area (Å²) in [5.74, 6) is 0.185. The summed E-state index contributed by atoms with van der Waals surface area (Å²) in [5, 5.41) is 0. The van der Waals surface area contributed by atoms with Crippen LogP contribution in [-0.2, 0) is 0 Å². The van der Waals surface area contributed by atoms with Crippen LogP contribution in [-0.4, -0.2) is 6.17 Å². The SMILES string of the molecule is CC1C=CC1F. The third-order valence-electron chi connectivity index (χ3n) is 1.10. The van der Waals surface area contributed by atoms with Crippen LogP contribution in [0.3, 0.4) is 0 Å². The van der Waals surface area contributed by atoms with Crippen molar-refractivity contribution in [3.8, 4) is 0 Å². The summed E-state index contributed by atoms with van der Waals surface area (Å²) in [6, 6.07) is 0. The molecule has 0 aromatic heterocycles. The molecule has 0 aromatic carbocycles. The molecule has 34 valence electrons. The summed E-state index contributed by atoms with van der Waals surface area (Å²) in [5.41, 5.74) is 0. The molecule has 0 aromatic rings. The van der Waals surface area contributed by atoms with Gasteiger partial charge in [-0.2, -0.15) is 0 Å². The largest absolute Gasteiger partial charge is 0.242 e. The van der Waals surface area contributed by atoms with E-state index in [-0.39, 0.29) is 5.92 Å². The van der Waals surface area contributed by atoms with Gasteiger partial charge in [0.25, 0.3) is 0 Å². The van der Waals surface area contributed by atoms with Crippen molar-refractivity contribution in [3.63, 3.8) is 0 Å². The van der Waals surface area contributed by atoms with Crippen LogP contribution in [0.15, 0.2) is 12.2 Å². The fourth-order valence-corrected chi connectivity index (χ4v) is 0.417. The van der Waals surface area contributed by atoms with Crippen molar-refractivity contribution in [1.29, 1.82) is 0 Å². The smallest absolute Gasteiger partial charge is 0.124 e. The Labute approximate surface area is 36.7 Å². The van der Waals surface area contributed by atoms with Gasteiger partial charge in [0.2, 0.25) is 0 Å². The third kappa shape index (κ3) is 0.348. The molecule has 1 aliphatic carbocycles. The highest BCUT2D eigenvalue weighted by atomic mass is 19.1. The molecule has 0 amide bonds. The van der Waals surface area contributed by atoms with Crippen LogP contribution in [0.25, 0.3) is 0 Å². The third-order valence-corrected chi connectivity index (χ3v) is 1.10. The molecule has 1 heteroatoms. The van der Waals surface area contributed by atoms with Crippen LogP contribution >= 0.6 is 0 Å². The summed E-state index contributed by atoms with van der Waals surface area (Å²) in [6.45, 7) is 1.87. The number of hydrogen-bond acceptors (Lipinski definition) is 0. The lowest BCUT2D eigenvalue weighted by molar-refractivity contribution is 0.305. The van der Waals surface area contributed by atoms with Gasteiger partial charge in [0.1, 0.15) is 6.17 Å². The second-order valence-corrected chi connectivity index (χ2v) is 1.69. The second-order valence-electron chi connectivity index (χ2n) is 1.69. The van der Waals surface area contributed by atoms with Crippen LogP contribution < -0.4 is 0 Å². The van der Waals surface area contributed by atoms with E-state index in [0.29, 0.717) is 0 Å². The fraction of sp³-hybridized carbons (Fsp3) is 0.600. The topological polar surface area (TPSA) is 0 Å². The first-order chi connectivity index (χ1) is 2.80. The molecule has 6 heavy (non-hydrogen) atoms. The average Bonchev–Trinajstić information content (AvgIpc) is 1.61. The molecule has 1 rings (SSSR count). The van der Waals surface area contributed by atoms with Crippen LogP contribution in [0.4, 0.5) is 4.39 Å². The summed E-state index contributed by atoms with van der Waals surface area (Å²) < 4.78 is 11.8. The first-order valence-electron chi connectivity index (χ1n) is 2.13. The lowest BCUT2D eigenvalue weighted by atomic mass is 9.96. The molecule has 0 spiro atoms. The van der Waals surface area contributed by atoms with Gasteiger partial charge in [-0.15, -0.1) is 0 Å². The minimum atomic E-state index is -0.648. The molecule has 0 radical (unpaired) electrons. The molecule has 0 fully saturated rings. The normalized spacial score (nSPS) is 42.3. The number of allylic oxidation sites excluding steroid dienone is 2. The van der Waals surface area contributed by atoms with E-state index in [0.717, 1.165) is 0 Å². The minimum Gasteiger partial charge on any atom is -0.242 e. The van der Waals surface area contributed by atoms with Crippen LogP contribution in [0.2, 0.25) is 0 Å². The van der Waals surface area contributed by atoms with Crippen molar-refractivity contribution >= 4 is 0 Å². The van der Waals surface area contributed by atoms with Gasteiger partial charge in [0, 0.05) is 5.92 Å². The Morgan fingerprint density at radius 3 is 2.00 bits per heavy atom. The number of rotatable bonds is 0. The van der Waals surface area contributed by atoms with Crippen molar-refractivity contribution in [2.24, 2.45) is 5.92 Å². The zero-order chi connectivity index (χ0) is 4.57. The van der Waals surface area contributed by atoms with Gasteiger partial charge >= 0.3 is 0 Å². The van der Waals surface area contributed by atoms with Crippen LogP contribution in [0.1, 0.15) is 6.92 Å². The molecule has 2 atom stereocenters. The van der Waals surface area contributed by atoms with Crippen molar-refractivity contribution < 1.29 is 4.39 Å². The van der Waals surface area contributed by atoms with E-state index in [2.05, 4.69) is 0 Å². The standard InChI is InChI=1S/C5H7F/c1-4-2-3-5(4)6/h2-5H,1H3. The lowest BCUT2D eigenvalue weighted by Crippen LogP contribution is -2.14. The zero-order valence-electron chi connectivity index (χ0n) is 3.69. The van der Waals surface area contributed by atoms with Gasteiger partial charge in [-0.1, -0.05) is 19.1 Å². The molecular formula is C5H7F. The first-order valence-corrected chi connectivity index (χ1v) is 2.13. The second kappa shape index (κ2) is 1.07. The molecule has 1 aliphatic rings. The highest BCUT2D eigenvalue weighted by Gasteiger charge is 2.16. The number of hydrogen-bond donors (Lipinski definition) is 0. The molecule has 0 N–H and O–H groups in total. The maximum absolute atomic E-state index is 11.8. The summed E-state index contributed by atoms with van der Waals surface area (Å²) >= 11 is 0. The van der Waals surface area contributed by atoms with Gasteiger partial charge < -0.3 is 0 Å². The maximum atomic E-state index is 11.8. The average molecular weight is 86.1 g/mol. The Morgan fingerprint density at radius 1 is 1.50 bits per heavy atom. The molecule has 0 bridgehead atoms. The Morgan fingerprint density at radius 2 is 2.00 bits per heavy atom. The van der Waals surface area contributed by atoms with E-state index in [9.17, 15) is 4.39 Å². The number of alkyl halides is 1. The van der Waals surface area contributed by atoms with Gasteiger partial charge in [0.05, 0.1) is 0 Å². The Hall–Kier alpha value is -0.330. The Balaban J connectivity index is 2.45. The predicted octanol–water partition coefficient (Wildman–Crippen LogP) is 1.53. The quantitative estimate of drug-likeness (QED) is 0.392. The number of halogens is 1. The summed E-state index contributed by atoms with van der Waals surface area (Å²) in [7, 11) is 0. The summed E-state index contributed by atoms with van der Waals surface area (Å²) in [4.78, 5) is 0. The van der Waals surface area contributed by atoms with E-state index in [4.69, 9.17) is 0 Å². The van der Waals surface area contributed by atoms with Crippen molar-refractivity contribution in [3.05, 3.63) is 12.2 Å². The first kappa shape index (κ1) is 3.85. The molecule has 2 unspecified atom stereocenters. The maximum Gasteiger partial charge on any atom is 0.124 e. The van der Waals surface area contributed by atoms with Crippen molar-refractivity contribution in [2.75, 3.05) is 0 Å². The minimum absolute atomic E-state index is 0.185. The van der Waals surface area contributed by atoms with Crippen LogP contribution in [0.5, 0.6) is 0 Å². The van der Waals surface area contributed by atoms with E-state index in [1.165, 1.54) is 0 Å². The van der Waals surface area contributed by atoms with E-state index in [1.807, 2.05) is 13.0 Å². The Bertz CT molecular complexity index is 66.0. The Kier molecular flexibility index (Phi) is 0.685. The van der Waals surface area contributed by atoms with Crippen LogP contribution in [0, 0.1) is 5.92 Å². The van der Waals surface area contributed by atoms with Gasteiger partial charge in [-0.3, -0.25) is 0 Å². The molecular weight excluding hydrogens is 79.1 g/mol.